The first kappa shape index (κ1) is 17.8. The monoisotopic (exact) mass is 293 g/mol. The first-order valence-corrected chi connectivity index (χ1v) is 8.07. The number of benzene rings is 1. The number of ether oxygens (including phenoxy) is 2. The van der Waals surface area contributed by atoms with Crippen LogP contribution in [0.5, 0.6) is 11.5 Å². The molecule has 3 nitrogen and oxygen atoms in total. The first-order chi connectivity index (χ1) is 10.1. The maximum atomic E-state index is 5.56. The molecular formula is C18H31NO2. The van der Waals surface area contributed by atoms with Gasteiger partial charge in [-0.2, -0.15) is 0 Å². The lowest BCUT2D eigenvalue weighted by Crippen LogP contribution is -2.22. The van der Waals surface area contributed by atoms with Gasteiger partial charge in [0.2, 0.25) is 0 Å². The van der Waals surface area contributed by atoms with E-state index in [1.165, 1.54) is 18.4 Å². The van der Waals surface area contributed by atoms with Gasteiger partial charge in [-0.15, -0.1) is 0 Å². The Morgan fingerprint density at radius 1 is 1.10 bits per heavy atom. The maximum absolute atomic E-state index is 5.56. The lowest BCUT2D eigenvalue weighted by atomic mass is 9.97. The molecule has 0 spiro atoms. The molecule has 1 rings (SSSR count). The molecular weight excluding hydrogens is 262 g/mol. The van der Waals surface area contributed by atoms with Crippen LogP contribution in [0.1, 0.15) is 58.1 Å². The standard InChI is InChI=1S/C18H31NO2/c1-6-12-19-17(9-7-8-14(2)3)16-11-10-15(20-4)13-18(16)21-5/h10-11,13-14,17,19H,6-9,12H2,1-5H3. The summed E-state index contributed by atoms with van der Waals surface area (Å²) in [5.74, 6) is 2.51. The van der Waals surface area contributed by atoms with Crippen molar-refractivity contribution in [3.63, 3.8) is 0 Å². The topological polar surface area (TPSA) is 30.5 Å². The van der Waals surface area contributed by atoms with Crippen LogP contribution in [0.3, 0.4) is 0 Å². The Balaban J connectivity index is 2.85. The minimum Gasteiger partial charge on any atom is -0.497 e. The molecule has 0 bridgehead atoms. The molecule has 0 amide bonds. The van der Waals surface area contributed by atoms with E-state index in [0.717, 1.165) is 36.8 Å². The third-order valence-electron chi connectivity index (χ3n) is 3.73. The van der Waals surface area contributed by atoms with E-state index in [-0.39, 0.29) is 0 Å². The zero-order chi connectivity index (χ0) is 15.7. The number of hydrogen-bond donors (Lipinski definition) is 1. The van der Waals surface area contributed by atoms with E-state index >= 15 is 0 Å². The van der Waals surface area contributed by atoms with Crippen LogP contribution < -0.4 is 14.8 Å². The summed E-state index contributed by atoms with van der Waals surface area (Å²) in [7, 11) is 3.41. The molecule has 1 aromatic rings. The van der Waals surface area contributed by atoms with Crippen molar-refractivity contribution in [3.8, 4) is 11.5 Å². The minimum absolute atomic E-state index is 0.351. The second kappa shape index (κ2) is 9.67. The highest BCUT2D eigenvalue weighted by atomic mass is 16.5. The second-order valence-electron chi connectivity index (χ2n) is 5.94. The Morgan fingerprint density at radius 3 is 2.43 bits per heavy atom. The summed E-state index contributed by atoms with van der Waals surface area (Å²) in [6.07, 6.45) is 4.77. The average molecular weight is 293 g/mol. The molecule has 0 aliphatic carbocycles. The summed E-state index contributed by atoms with van der Waals surface area (Å²) in [5, 5.41) is 3.65. The van der Waals surface area contributed by atoms with E-state index in [4.69, 9.17) is 9.47 Å². The Bertz CT molecular complexity index is 404. The zero-order valence-electron chi connectivity index (χ0n) is 14.2. The van der Waals surface area contributed by atoms with Crippen molar-refractivity contribution in [3.05, 3.63) is 23.8 Å². The van der Waals surface area contributed by atoms with Crippen molar-refractivity contribution in [2.75, 3.05) is 20.8 Å². The lowest BCUT2D eigenvalue weighted by molar-refractivity contribution is 0.377. The highest BCUT2D eigenvalue weighted by molar-refractivity contribution is 5.42. The van der Waals surface area contributed by atoms with Crippen LogP contribution in [0.25, 0.3) is 0 Å². The van der Waals surface area contributed by atoms with E-state index < -0.39 is 0 Å². The number of nitrogens with one attached hydrogen (secondary N) is 1. The van der Waals surface area contributed by atoms with Gasteiger partial charge in [0, 0.05) is 17.7 Å². The number of hydrogen-bond acceptors (Lipinski definition) is 3. The van der Waals surface area contributed by atoms with Crippen molar-refractivity contribution in [2.24, 2.45) is 5.92 Å². The molecule has 3 heteroatoms. The summed E-state index contributed by atoms with van der Waals surface area (Å²) >= 11 is 0. The van der Waals surface area contributed by atoms with Crippen LogP contribution in [-0.4, -0.2) is 20.8 Å². The fourth-order valence-electron chi connectivity index (χ4n) is 2.52. The first-order valence-electron chi connectivity index (χ1n) is 8.07. The summed E-state index contributed by atoms with van der Waals surface area (Å²) < 4.78 is 10.8. The van der Waals surface area contributed by atoms with Gasteiger partial charge in [-0.25, -0.2) is 0 Å². The molecule has 120 valence electrons. The highest BCUT2D eigenvalue weighted by Crippen LogP contribution is 2.32. The van der Waals surface area contributed by atoms with Gasteiger partial charge in [-0.3, -0.25) is 0 Å². The van der Waals surface area contributed by atoms with Crippen LogP contribution in [0, 0.1) is 5.92 Å². The van der Waals surface area contributed by atoms with Crippen molar-refractivity contribution in [2.45, 2.75) is 52.5 Å². The molecule has 1 unspecified atom stereocenters. The highest BCUT2D eigenvalue weighted by Gasteiger charge is 2.16. The predicted molar refractivity (Wildman–Crippen MR) is 89.3 cm³/mol. The molecule has 0 saturated heterocycles. The predicted octanol–water partition coefficient (Wildman–Crippen LogP) is 4.57. The molecule has 0 aliphatic heterocycles. The normalized spacial score (nSPS) is 12.5. The Kier molecular flexibility index (Phi) is 8.21. The van der Waals surface area contributed by atoms with E-state index in [9.17, 15) is 0 Å². The smallest absolute Gasteiger partial charge is 0.127 e. The van der Waals surface area contributed by atoms with E-state index in [1.807, 2.05) is 12.1 Å². The molecule has 1 atom stereocenters. The lowest BCUT2D eigenvalue weighted by Gasteiger charge is -2.22. The van der Waals surface area contributed by atoms with Gasteiger partial charge in [0.25, 0.3) is 0 Å². The average Bonchev–Trinajstić information content (AvgIpc) is 2.49. The van der Waals surface area contributed by atoms with E-state index in [0.29, 0.717) is 6.04 Å². The Hall–Kier alpha value is -1.22. The third-order valence-corrected chi connectivity index (χ3v) is 3.73. The third kappa shape index (κ3) is 5.96. The largest absolute Gasteiger partial charge is 0.497 e. The molecule has 0 radical (unpaired) electrons. The number of methoxy groups -OCH3 is 2. The van der Waals surface area contributed by atoms with Crippen LogP contribution in [0.2, 0.25) is 0 Å². The molecule has 0 aliphatic rings. The quantitative estimate of drug-likeness (QED) is 0.685. The SMILES string of the molecule is CCCNC(CCCC(C)C)c1ccc(OC)cc1OC. The fourth-order valence-corrected chi connectivity index (χ4v) is 2.52. The van der Waals surface area contributed by atoms with Crippen LogP contribution in [0.15, 0.2) is 18.2 Å². The maximum Gasteiger partial charge on any atom is 0.127 e. The van der Waals surface area contributed by atoms with E-state index in [1.54, 1.807) is 14.2 Å². The summed E-state index contributed by atoms with van der Waals surface area (Å²) in [6, 6.07) is 6.46. The molecule has 0 fully saturated rings. The zero-order valence-corrected chi connectivity index (χ0v) is 14.2. The van der Waals surface area contributed by atoms with Crippen molar-refractivity contribution < 1.29 is 9.47 Å². The van der Waals surface area contributed by atoms with Gasteiger partial charge in [0.15, 0.2) is 0 Å². The summed E-state index contributed by atoms with van der Waals surface area (Å²) in [4.78, 5) is 0. The molecule has 0 aromatic heterocycles. The van der Waals surface area contributed by atoms with Gasteiger partial charge in [-0.05, 0) is 31.4 Å². The van der Waals surface area contributed by atoms with Crippen LogP contribution >= 0.6 is 0 Å². The van der Waals surface area contributed by atoms with E-state index in [2.05, 4.69) is 32.2 Å². The fraction of sp³-hybridized carbons (Fsp3) is 0.667. The molecule has 1 aromatic carbocycles. The second-order valence-corrected chi connectivity index (χ2v) is 5.94. The minimum atomic E-state index is 0.351. The molecule has 1 N–H and O–H groups in total. The van der Waals surface area contributed by atoms with Crippen molar-refractivity contribution in [1.29, 1.82) is 0 Å². The van der Waals surface area contributed by atoms with Crippen molar-refractivity contribution >= 4 is 0 Å². The van der Waals surface area contributed by atoms with Gasteiger partial charge >= 0.3 is 0 Å². The summed E-state index contributed by atoms with van der Waals surface area (Å²) in [6.45, 7) is 7.79. The van der Waals surface area contributed by atoms with Crippen LogP contribution in [-0.2, 0) is 0 Å². The van der Waals surface area contributed by atoms with Gasteiger partial charge < -0.3 is 14.8 Å². The molecule has 0 heterocycles. The van der Waals surface area contributed by atoms with Crippen LogP contribution in [0.4, 0.5) is 0 Å². The molecule has 0 saturated carbocycles. The summed E-state index contributed by atoms with van der Waals surface area (Å²) in [5.41, 5.74) is 1.23. The number of rotatable bonds is 10. The Morgan fingerprint density at radius 2 is 1.86 bits per heavy atom. The van der Waals surface area contributed by atoms with Gasteiger partial charge in [0.05, 0.1) is 14.2 Å². The van der Waals surface area contributed by atoms with Gasteiger partial charge in [-0.1, -0.05) is 39.7 Å². The Labute approximate surface area is 130 Å². The molecule has 21 heavy (non-hydrogen) atoms. The van der Waals surface area contributed by atoms with Crippen molar-refractivity contribution in [1.82, 2.24) is 5.32 Å². The van der Waals surface area contributed by atoms with Gasteiger partial charge in [0.1, 0.15) is 11.5 Å².